The van der Waals surface area contributed by atoms with E-state index in [2.05, 4.69) is 88.3 Å². The molecule has 112 heavy (non-hydrogen) atoms. The van der Waals surface area contributed by atoms with E-state index in [0.29, 0.717) is 16.5 Å². The second kappa shape index (κ2) is 37.4. The first-order valence-electron chi connectivity index (χ1n) is 32.9. The van der Waals surface area contributed by atoms with Crippen molar-refractivity contribution in [3.05, 3.63) is 101 Å². The number of hydrogen-bond donors (Lipinski definition) is 20. The van der Waals surface area contributed by atoms with E-state index in [1.807, 2.05) is 5.92 Å². The maximum Gasteiger partial charge on any atom is 0.368 e. The van der Waals surface area contributed by atoms with Gasteiger partial charge in [0.25, 0.3) is 0 Å². The third-order valence-corrected chi connectivity index (χ3v) is 17.4. The number of aliphatic hydroxyl groups is 10. The van der Waals surface area contributed by atoms with Crippen LogP contribution in [0.5, 0.6) is 0 Å². The highest BCUT2D eigenvalue weighted by molar-refractivity contribution is 5.35. The molecule has 5 aliphatic heterocycles. The zero-order valence-electron chi connectivity index (χ0n) is 60.0. The molecule has 0 amide bonds. The van der Waals surface area contributed by atoms with Gasteiger partial charge in [-0.05, 0) is 53.7 Å². The first-order chi connectivity index (χ1) is 52.4. The standard InChI is InChI=1S/C14H19FN4O4.C13H16F2N4O4.C13H17FN4O4.2C12H16FN5O4/c1-7-6-9(16)18-13(22)19(7)12-14(17,4-3-5-15)11(21)10(23-12)8(2)20;1-6(20)8-9(21)13(17,3-2-4-14)11(23-8)19-5-7(15)10(16)18-12(19)22;1-7(19)9-10(20)13(16,4-2-5-14)11(22-9)18-6-3-8(15)17-12(18)21;1-6(19)7-8(20)12(15,3-2-4-13)9(22-7)18-5-16-10(14)17-11(18)21;1-6(19)8-9(20)12(15,3-2-4-13)10(22-8)18-11(21)17-7(14)5-16-18/h6,8,10-12,20-21H,5,17H2,1-2H3,(H2,16,18,22);5-6,8-9,11,20-21H,4,17H2,1H3,(H2,16,18,22);3,6-7,9-11,19-20H,5,16H2,1H3,(H2,15,17,21);5-9,19-20H,4,15H2,1H3,(H2,14,17,21);5-6,8-10,19-20H,4,15H2,1H3,(H2,14,17,21)/t8-,10+,11-,12+,14?;6-,8+,9-,11+,13?;7-,9+,10-,11+,13?;6-,7+,8-,9+,12?;6-,8+,9-,10+,12?/m00000/s1. The molecule has 25 atom stereocenters. The van der Waals surface area contributed by atoms with E-state index < -0.39 is 224 Å². The maximum atomic E-state index is 13.6. The second-order valence-electron chi connectivity index (χ2n) is 25.5. The van der Waals surface area contributed by atoms with Crippen molar-refractivity contribution in [2.75, 3.05) is 62.0 Å². The normalized spacial score (nSPS) is 32.0. The van der Waals surface area contributed by atoms with Crippen LogP contribution in [-0.2, 0) is 23.7 Å². The van der Waals surface area contributed by atoms with Gasteiger partial charge in [0.05, 0.1) is 42.9 Å². The van der Waals surface area contributed by atoms with Crippen LogP contribution in [0.15, 0.2) is 61.0 Å². The highest BCUT2D eigenvalue weighted by Gasteiger charge is 2.61. The second-order valence-corrected chi connectivity index (χ2v) is 25.5. The van der Waals surface area contributed by atoms with Crippen molar-refractivity contribution in [2.24, 2.45) is 28.7 Å². The molecule has 30 N–H and O–H groups in total. The lowest BCUT2D eigenvalue weighted by molar-refractivity contribution is -0.0816. The van der Waals surface area contributed by atoms with Crippen LogP contribution in [0, 0.1) is 71.9 Å². The average Bonchev–Trinajstić information content (AvgIpc) is 1.65. The van der Waals surface area contributed by atoms with Crippen molar-refractivity contribution in [3.8, 4) is 59.2 Å². The lowest BCUT2D eigenvalue weighted by atomic mass is 9.90. The summed E-state index contributed by atoms with van der Waals surface area (Å²) in [6.07, 6.45) is -21.1. The average molecular weight is 1600 g/mol. The Morgan fingerprint density at radius 3 is 1.15 bits per heavy atom. The Morgan fingerprint density at radius 2 is 0.786 bits per heavy atom. The number of hydrogen-bond acceptors (Lipinski definition) is 37. The summed E-state index contributed by atoms with van der Waals surface area (Å²) in [7, 11) is 0. The Hall–Kier alpha value is -10.2. The van der Waals surface area contributed by atoms with Crippen LogP contribution in [0.2, 0.25) is 0 Å². The summed E-state index contributed by atoms with van der Waals surface area (Å²) in [4.78, 5) is 80.8. The van der Waals surface area contributed by atoms with Gasteiger partial charge in [-0.2, -0.15) is 34.7 Å². The molecule has 5 aromatic rings. The molecule has 10 rings (SSSR count). The summed E-state index contributed by atoms with van der Waals surface area (Å²) in [5.74, 6) is 20.3. The fourth-order valence-corrected chi connectivity index (χ4v) is 11.9. The molecule has 0 radical (unpaired) electrons. The Morgan fingerprint density at radius 1 is 0.455 bits per heavy atom. The van der Waals surface area contributed by atoms with Crippen LogP contribution in [0.1, 0.15) is 71.5 Å². The fourth-order valence-electron chi connectivity index (χ4n) is 11.9. The zero-order valence-corrected chi connectivity index (χ0v) is 60.0. The van der Waals surface area contributed by atoms with Gasteiger partial charge in [0.1, 0.15) is 118 Å². The molecular formula is C64H84F6N22O20. The van der Waals surface area contributed by atoms with Crippen LogP contribution in [0.25, 0.3) is 0 Å². The molecule has 10 heterocycles. The SMILES string of the molecule is C[C@H](O)[C@H]1O[C@@H](n2cc(F)c(N)nc2=O)C(N)(C#CCF)[C@H]1O.C[C@H](O)[C@H]1O[C@@H](n2ccc(N)nc2=O)C(N)(C#CCF)[C@H]1O.C[C@H](O)[C@H]1O[C@@H](n2cnc(N)nc2=O)C(N)(C#CCF)[C@H]1O.C[C@H](O)[C@H]1O[C@@H](n2ncc(N)nc2=O)C(N)(C#CCF)[C@H]1O.Cc1cc(N)nc(=O)n1[C@@H]1O[C@H]([C@H](C)O)[C@H](O)C1(N)C#CCF. The van der Waals surface area contributed by atoms with E-state index in [0.717, 1.165) is 30.9 Å². The highest BCUT2D eigenvalue weighted by atomic mass is 19.1. The number of alkyl halides is 5. The smallest absolute Gasteiger partial charge is 0.368 e. The van der Waals surface area contributed by atoms with Gasteiger partial charge < -0.3 is 132 Å². The minimum Gasteiger partial charge on any atom is -0.391 e. The van der Waals surface area contributed by atoms with Gasteiger partial charge in [0.15, 0.2) is 70.5 Å². The minimum absolute atomic E-state index is 0.00401. The topological polar surface area (TPSA) is 709 Å². The van der Waals surface area contributed by atoms with Crippen LogP contribution in [-0.4, -0.2) is 262 Å². The number of halogens is 6. The molecule has 48 heteroatoms. The van der Waals surface area contributed by atoms with Crippen molar-refractivity contribution < 1.29 is 101 Å². The van der Waals surface area contributed by atoms with Crippen molar-refractivity contribution in [3.63, 3.8) is 0 Å². The molecule has 612 valence electrons. The van der Waals surface area contributed by atoms with Gasteiger partial charge in [0, 0.05) is 11.9 Å². The summed E-state index contributed by atoms with van der Waals surface area (Å²) >= 11 is 0. The van der Waals surface area contributed by atoms with Gasteiger partial charge in [-0.15, -0.1) is 0 Å². The Kier molecular flexibility index (Phi) is 30.3. The molecule has 42 nitrogen and oxygen atoms in total. The van der Waals surface area contributed by atoms with Gasteiger partial charge >= 0.3 is 28.4 Å². The Labute approximate surface area is 629 Å². The van der Waals surface area contributed by atoms with E-state index >= 15 is 0 Å². The molecule has 0 bridgehead atoms. The first-order valence-corrected chi connectivity index (χ1v) is 32.9. The van der Waals surface area contributed by atoms with E-state index in [1.54, 1.807) is 6.92 Å². The predicted octanol–water partition coefficient (Wildman–Crippen LogP) is -10.1. The third kappa shape index (κ3) is 19.1. The number of aryl methyl sites for hydroxylation is 1. The third-order valence-electron chi connectivity index (χ3n) is 17.4. The number of rotatable bonds is 10. The molecule has 5 unspecified atom stereocenters. The number of anilines is 5. The van der Waals surface area contributed by atoms with E-state index in [9.17, 15) is 101 Å². The molecule has 5 saturated heterocycles. The van der Waals surface area contributed by atoms with Crippen molar-refractivity contribution in [1.82, 2.24) is 58.0 Å². The summed E-state index contributed by atoms with van der Waals surface area (Å²) in [6.45, 7) is 3.43. The van der Waals surface area contributed by atoms with E-state index in [4.69, 9.17) is 81.0 Å². The molecule has 5 aromatic heterocycles. The quantitative estimate of drug-likeness (QED) is 0.0456. The molecule has 5 aliphatic rings. The largest absolute Gasteiger partial charge is 0.391 e. The molecule has 0 aromatic carbocycles. The number of nitrogens with two attached hydrogens (primary N) is 10. The van der Waals surface area contributed by atoms with Crippen LogP contribution < -0.4 is 85.8 Å². The molecule has 0 saturated carbocycles. The lowest BCUT2D eigenvalue weighted by Crippen LogP contribution is -2.56. The number of nitrogens with zero attached hydrogens (tertiary/aromatic N) is 12. The summed E-state index contributed by atoms with van der Waals surface area (Å²) in [6, 6.07) is 2.77. The highest BCUT2D eigenvalue weighted by Crippen LogP contribution is 2.42. The zero-order chi connectivity index (χ0) is 84.2. The van der Waals surface area contributed by atoms with Crippen molar-refractivity contribution >= 4 is 29.2 Å². The Bertz CT molecular complexity index is 4530. The van der Waals surface area contributed by atoms with Gasteiger partial charge in [-0.1, -0.05) is 59.2 Å². The number of ether oxygens (including phenoxy) is 5. The molecule has 0 aliphatic carbocycles. The van der Waals surface area contributed by atoms with Crippen LogP contribution in [0.3, 0.4) is 0 Å². The van der Waals surface area contributed by atoms with Crippen LogP contribution in [0.4, 0.5) is 55.6 Å². The van der Waals surface area contributed by atoms with Crippen molar-refractivity contribution in [1.29, 1.82) is 0 Å². The summed E-state index contributed by atoms with van der Waals surface area (Å²) in [5.41, 5.74) is 44.0. The predicted molar refractivity (Wildman–Crippen MR) is 376 cm³/mol. The van der Waals surface area contributed by atoms with E-state index in [-0.39, 0.29) is 23.4 Å². The van der Waals surface area contributed by atoms with Gasteiger partial charge in [-0.3, -0.25) is 18.3 Å². The monoisotopic (exact) mass is 1590 g/mol. The summed E-state index contributed by atoms with van der Waals surface area (Å²) in [5, 5.41) is 104. The minimum atomic E-state index is -1.96. The van der Waals surface area contributed by atoms with Gasteiger partial charge in [-0.25, -0.2) is 55.3 Å². The first kappa shape index (κ1) is 90.7. The molecule has 0 spiro atoms. The number of nitrogen functional groups attached to an aromatic ring is 5. The summed E-state index contributed by atoms with van der Waals surface area (Å²) < 4.78 is 107. The number of aliphatic hydroxyl groups excluding tert-OH is 10. The lowest BCUT2D eigenvalue weighted by Gasteiger charge is -2.29. The molecule has 5 fully saturated rings. The molecular weight excluding hydrogens is 1510 g/mol. The fraction of sp³-hybridized carbons (Fsp3) is 0.562. The number of aromatic nitrogens is 12. The van der Waals surface area contributed by atoms with Gasteiger partial charge in [0.2, 0.25) is 5.95 Å². The van der Waals surface area contributed by atoms with E-state index in [1.165, 1.54) is 52.9 Å². The van der Waals surface area contributed by atoms with Crippen LogP contribution >= 0.6 is 0 Å². The van der Waals surface area contributed by atoms with Crippen molar-refractivity contribution in [2.45, 2.75) is 192 Å². The Balaban J connectivity index is 0.000000218. The maximum absolute atomic E-state index is 13.6.